The number of aryl methyl sites for hydroxylation is 1. The number of anilines is 2. The molecule has 3 fully saturated rings. The largest absolute Gasteiger partial charge is 0.378 e. The molecule has 2 N–H and O–H groups in total. The highest BCUT2D eigenvalue weighted by atomic mass is 16.2. The van der Waals surface area contributed by atoms with E-state index in [0.29, 0.717) is 40.8 Å². The third kappa shape index (κ3) is 4.47. The van der Waals surface area contributed by atoms with Gasteiger partial charge in [0.25, 0.3) is 5.56 Å². The molecule has 13 nitrogen and oxygen atoms in total. The Bertz CT molecular complexity index is 2030. The van der Waals surface area contributed by atoms with Crippen molar-refractivity contribution >= 4 is 40.0 Å². The van der Waals surface area contributed by atoms with Crippen LogP contribution in [-0.4, -0.2) is 64.7 Å². The Balaban J connectivity index is 1.06. The summed E-state index contributed by atoms with van der Waals surface area (Å²) in [6.07, 6.45) is 10.4. The van der Waals surface area contributed by atoms with Gasteiger partial charge in [0.2, 0.25) is 5.91 Å². The molecule has 1 saturated heterocycles. The number of pyridine rings is 2. The molecule has 2 saturated carbocycles. The summed E-state index contributed by atoms with van der Waals surface area (Å²) in [5, 5.41) is 3.35. The lowest BCUT2D eigenvalue weighted by molar-refractivity contribution is -0.123. The van der Waals surface area contributed by atoms with E-state index in [4.69, 9.17) is 9.97 Å². The molecule has 0 spiro atoms. The maximum atomic E-state index is 12.8. The van der Waals surface area contributed by atoms with Crippen LogP contribution in [0, 0.1) is 6.92 Å². The zero-order valence-corrected chi connectivity index (χ0v) is 23.6. The molecule has 8 rings (SSSR count). The van der Waals surface area contributed by atoms with Gasteiger partial charge in [-0.3, -0.25) is 19.4 Å². The summed E-state index contributed by atoms with van der Waals surface area (Å²) in [5.74, 6) is 1.79. The number of rotatable bonds is 7. The van der Waals surface area contributed by atoms with Crippen LogP contribution in [0.4, 0.5) is 16.2 Å². The number of nitrogens with zero attached hydrogens (tertiary/aromatic N) is 8. The molecule has 3 amide bonds. The van der Waals surface area contributed by atoms with Gasteiger partial charge in [0.1, 0.15) is 18.2 Å². The van der Waals surface area contributed by atoms with E-state index in [1.807, 2.05) is 35.7 Å². The van der Waals surface area contributed by atoms with Crippen LogP contribution in [0.2, 0.25) is 0 Å². The summed E-state index contributed by atoms with van der Waals surface area (Å²) in [7, 11) is 1.50. The first-order valence-electron chi connectivity index (χ1n) is 14.4. The second kappa shape index (κ2) is 9.41. The van der Waals surface area contributed by atoms with E-state index >= 15 is 0 Å². The average Bonchev–Trinajstić information content (AvgIpc) is 3.93. The molecule has 3 aliphatic rings. The van der Waals surface area contributed by atoms with E-state index in [2.05, 4.69) is 31.4 Å². The Hall–Kier alpha value is -5.20. The molecule has 2 atom stereocenters. The second-order valence-electron chi connectivity index (χ2n) is 11.6. The first kappa shape index (κ1) is 25.5. The van der Waals surface area contributed by atoms with Gasteiger partial charge in [-0.15, -0.1) is 0 Å². The first-order valence-corrected chi connectivity index (χ1v) is 14.4. The minimum Gasteiger partial charge on any atom is -0.378 e. The number of H-pyrrole nitrogens is 1. The predicted octanol–water partition coefficient (Wildman–Crippen LogP) is 3.22. The van der Waals surface area contributed by atoms with E-state index in [1.165, 1.54) is 11.9 Å². The highest BCUT2D eigenvalue weighted by molar-refractivity contribution is 6.13. The number of imide groups is 1. The molecule has 0 unspecified atom stereocenters. The van der Waals surface area contributed by atoms with E-state index in [9.17, 15) is 14.4 Å². The normalized spacial score (nSPS) is 20.0. The van der Waals surface area contributed by atoms with Crippen LogP contribution < -0.4 is 15.8 Å². The Labute approximate surface area is 245 Å². The number of amides is 3. The number of aromatic nitrogens is 7. The Morgan fingerprint density at radius 1 is 1.05 bits per heavy atom. The number of hydrogen-bond acceptors (Lipinski definition) is 9. The molecular formula is C30H28N10O3. The molecular weight excluding hydrogens is 548 g/mol. The van der Waals surface area contributed by atoms with Gasteiger partial charge in [0.15, 0.2) is 11.2 Å². The van der Waals surface area contributed by atoms with Crippen LogP contribution in [0.5, 0.6) is 0 Å². The number of imidazole rings is 1. The van der Waals surface area contributed by atoms with Gasteiger partial charge in [0, 0.05) is 43.2 Å². The van der Waals surface area contributed by atoms with E-state index in [1.54, 1.807) is 12.4 Å². The van der Waals surface area contributed by atoms with Crippen LogP contribution in [0.3, 0.4) is 0 Å². The molecule has 1 aliphatic heterocycles. The smallest absolute Gasteiger partial charge is 0.331 e. The number of urea groups is 1. The fraction of sp³-hybridized carbons (Fsp3) is 0.333. The van der Waals surface area contributed by atoms with E-state index in [-0.39, 0.29) is 41.4 Å². The van der Waals surface area contributed by atoms with Gasteiger partial charge < -0.3 is 14.7 Å². The second-order valence-corrected chi connectivity index (χ2v) is 11.6. The minimum absolute atomic E-state index is 0.00392. The Morgan fingerprint density at radius 2 is 1.91 bits per heavy atom. The summed E-state index contributed by atoms with van der Waals surface area (Å²) in [6, 6.07) is 5.32. The quantitative estimate of drug-likeness (QED) is 0.278. The standard InChI is InChI=1S/C30H28N10O3/c1-15-5-6-31-26(34-15)20-9-21(20)27-36-22-8-18(10-33-25(22)29(42)37-27)32-11-19-13-39-12-17(16-3-4-16)7-23(28(39)35-19)40-14-24(41)38(2)30(40)43/h5-8,10,12-13,16,20-21,32H,3-4,9,11,14H2,1-2H3,(H,36,37,42)/t20-,21-/m0/s1. The van der Waals surface area contributed by atoms with Crippen molar-refractivity contribution in [2.75, 3.05) is 23.8 Å². The highest BCUT2D eigenvalue weighted by Gasteiger charge is 2.44. The first-order chi connectivity index (χ1) is 20.8. The molecule has 43 heavy (non-hydrogen) atoms. The summed E-state index contributed by atoms with van der Waals surface area (Å²) in [6.45, 7) is 2.31. The highest BCUT2D eigenvalue weighted by Crippen LogP contribution is 2.52. The number of nitrogens with one attached hydrogen (secondary N) is 2. The van der Waals surface area contributed by atoms with Crippen LogP contribution >= 0.6 is 0 Å². The van der Waals surface area contributed by atoms with Gasteiger partial charge in [0.05, 0.1) is 35.3 Å². The summed E-state index contributed by atoms with van der Waals surface area (Å²) in [4.78, 5) is 66.3. The van der Waals surface area contributed by atoms with Gasteiger partial charge in [-0.1, -0.05) is 0 Å². The lowest BCUT2D eigenvalue weighted by atomic mass is 10.1. The molecule has 0 bridgehead atoms. The van der Waals surface area contributed by atoms with E-state index in [0.717, 1.165) is 46.9 Å². The SMILES string of the molecule is Cc1ccnc([C@H]2C[C@@H]2c2nc3cc(NCc4cn5cc(C6CC6)cc(N6CC(=O)N(C)C6=O)c5n4)cnc3c(=O)[nH]2)n1. The van der Waals surface area contributed by atoms with Crippen molar-refractivity contribution in [2.24, 2.45) is 0 Å². The number of likely N-dealkylation sites (N-methyl/N-ethyl adjacent to an activating group) is 1. The lowest BCUT2D eigenvalue weighted by Crippen LogP contribution is -2.30. The van der Waals surface area contributed by atoms with Crippen molar-refractivity contribution in [3.05, 3.63) is 81.9 Å². The van der Waals surface area contributed by atoms with Crippen molar-refractivity contribution in [1.82, 2.24) is 39.2 Å². The Morgan fingerprint density at radius 3 is 2.67 bits per heavy atom. The van der Waals surface area contributed by atoms with Crippen LogP contribution in [-0.2, 0) is 11.3 Å². The van der Waals surface area contributed by atoms with E-state index < -0.39 is 0 Å². The monoisotopic (exact) mass is 576 g/mol. The van der Waals surface area contributed by atoms with Crippen molar-refractivity contribution in [1.29, 1.82) is 0 Å². The molecule has 216 valence electrons. The van der Waals surface area contributed by atoms with Gasteiger partial charge in [-0.25, -0.2) is 29.7 Å². The molecule has 2 aliphatic carbocycles. The number of carbonyl (C=O) groups is 2. The summed E-state index contributed by atoms with van der Waals surface area (Å²) >= 11 is 0. The zero-order chi connectivity index (χ0) is 29.4. The minimum atomic E-state index is -0.351. The molecule has 6 heterocycles. The predicted molar refractivity (Wildman–Crippen MR) is 157 cm³/mol. The van der Waals surface area contributed by atoms with Crippen molar-refractivity contribution in [2.45, 2.75) is 50.5 Å². The Kier molecular flexibility index (Phi) is 5.58. The zero-order valence-electron chi connectivity index (χ0n) is 23.6. The third-order valence-electron chi connectivity index (χ3n) is 8.45. The van der Waals surface area contributed by atoms with Gasteiger partial charge in [-0.05, 0) is 55.9 Å². The maximum absolute atomic E-state index is 12.8. The van der Waals surface area contributed by atoms with Crippen molar-refractivity contribution < 1.29 is 9.59 Å². The number of fused-ring (bicyclic) bond motifs is 2. The molecule has 5 aromatic heterocycles. The molecule has 5 aromatic rings. The average molecular weight is 577 g/mol. The van der Waals surface area contributed by atoms with Crippen molar-refractivity contribution in [3.63, 3.8) is 0 Å². The molecule has 0 aromatic carbocycles. The van der Waals surface area contributed by atoms with Gasteiger partial charge in [-0.2, -0.15) is 0 Å². The summed E-state index contributed by atoms with van der Waals surface area (Å²) in [5.41, 5.74) is 5.25. The fourth-order valence-electron chi connectivity index (χ4n) is 5.80. The number of aromatic amines is 1. The van der Waals surface area contributed by atoms with Crippen LogP contribution in [0.15, 0.2) is 47.8 Å². The third-order valence-corrected chi connectivity index (χ3v) is 8.45. The lowest BCUT2D eigenvalue weighted by Gasteiger charge is -2.17. The van der Waals surface area contributed by atoms with Crippen LogP contribution in [0.1, 0.15) is 65.6 Å². The maximum Gasteiger partial charge on any atom is 0.331 e. The van der Waals surface area contributed by atoms with Crippen molar-refractivity contribution in [3.8, 4) is 0 Å². The molecule has 0 radical (unpaired) electrons. The topological polar surface area (TPSA) is 154 Å². The fourth-order valence-corrected chi connectivity index (χ4v) is 5.80. The number of hydrogen-bond donors (Lipinski definition) is 2. The summed E-state index contributed by atoms with van der Waals surface area (Å²) < 4.78 is 1.94. The molecule has 13 heteroatoms. The van der Waals surface area contributed by atoms with Crippen LogP contribution in [0.25, 0.3) is 16.7 Å². The number of carbonyl (C=O) groups excluding carboxylic acids is 2. The van der Waals surface area contributed by atoms with Gasteiger partial charge >= 0.3 is 6.03 Å².